The van der Waals surface area contributed by atoms with E-state index in [1.54, 1.807) is 25.3 Å². The molecule has 108 valence electrons. The molecule has 2 heterocycles. The molecule has 1 aromatic heterocycles. The minimum absolute atomic E-state index is 0.196. The van der Waals surface area contributed by atoms with E-state index in [1.165, 1.54) is 10.4 Å². The Balaban J connectivity index is 2.01. The summed E-state index contributed by atoms with van der Waals surface area (Å²) in [6.45, 7) is 2.98. The van der Waals surface area contributed by atoms with Crippen LogP contribution in [0, 0.1) is 18.3 Å². The predicted octanol–water partition coefficient (Wildman–Crippen LogP) is 1.27. The molecular formula is C14H14N4O2S. The normalized spacial score (nSPS) is 15.4. The van der Waals surface area contributed by atoms with Crippen LogP contribution in [0.3, 0.4) is 0 Å². The molecule has 7 heteroatoms. The Morgan fingerprint density at radius 1 is 1.33 bits per heavy atom. The van der Waals surface area contributed by atoms with Gasteiger partial charge in [0.2, 0.25) is 10.0 Å². The van der Waals surface area contributed by atoms with Gasteiger partial charge in [-0.3, -0.25) is 0 Å². The Kier molecular flexibility index (Phi) is 3.27. The van der Waals surface area contributed by atoms with Crippen LogP contribution in [-0.2, 0) is 23.1 Å². The lowest BCUT2D eigenvalue weighted by molar-refractivity contribution is 0.335. The van der Waals surface area contributed by atoms with E-state index in [0.29, 0.717) is 24.2 Å². The molecule has 0 N–H and O–H groups in total. The lowest BCUT2D eigenvalue weighted by Crippen LogP contribution is -2.38. The van der Waals surface area contributed by atoms with Crippen LogP contribution >= 0.6 is 0 Å². The lowest BCUT2D eigenvalue weighted by atomic mass is 10.2. The molecule has 0 spiro atoms. The summed E-state index contributed by atoms with van der Waals surface area (Å²) in [4.78, 5) is 4.37. The Bertz CT molecular complexity index is 833. The highest BCUT2D eigenvalue weighted by Crippen LogP contribution is 2.24. The zero-order chi connectivity index (χ0) is 15.0. The highest BCUT2D eigenvalue weighted by Gasteiger charge is 2.30. The number of hydrogen-bond acceptors (Lipinski definition) is 4. The first-order chi connectivity index (χ1) is 10.0. The van der Waals surface area contributed by atoms with Crippen molar-refractivity contribution in [2.75, 3.05) is 6.54 Å². The molecule has 0 bridgehead atoms. The maximum absolute atomic E-state index is 12.8. The van der Waals surface area contributed by atoms with Crippen molar-refractivity contribution in [3.63, 3.8) is 0 Å². The fourth-order valence-corrected chi connectivity index (χ4v) is 4.08. The Hall–Kier alpha value is -2.17. The molecule has 0 aliphatic carbocycles. The summed E-state index contributed by atoms with van der Waals surface area (Å²) < 4.78 is 28.9. The van der Waals surface area contributed by atoms with Crippen LogP contribution in [0.25, 0.3) is 0 Å². The van der Waals surface area contributed by atoms with Crippen LogP contribution < -0.4 is 0 Å². The average Bonchev–Trinajstić information content (AvgIpc) is 2.95. The lowest BCUT2D eigenvalue weighted by Gasteiger charge is -2.27. The molecular weight excluding hydrogens is 288 g/mol. The molecule has 1 aliphatic rings. The molecule has 1 aliphatic heterocycles. The minimum atomic E-state index is -3.62. The van der Waals surface area contributed by atoms with Crippen molar-refractivity contribution in [2.24, 2.45) is 0 Å². The van der Waals surface area contributed by atoms with E-state index in [4.69, 9.17) is 5.26 Å². The number of nitriles is 1. The summed E-state index contributed by atoms with van der Waals surface area (Å²) in [5, 5.41) is 8.96. The SMILES string of the molecule is Cc1ccc(C#N)cc1S(=O)(=O)N1CCn2ccnc2C1. The quantitative estimate of drug-likeness (QED) is 0.837. The smallest absolute Gasteiger partial charge is 0.243 e. The van der Waals surface area contributed by atoms with Crippen molar-refractivity contribution < 1.29 is 8.42 Å². The Morgan fingerprint density at radius 3 is 2.90 bits per heavy atom. The van der Waals surface area contributed by atoms with Crippen molar-refractivity contribution in [3.05, 3.63) is 47.5 Å². The predicted molar refractivity (Wildman–Crippen MR) is 75.7 cm³/mol. The van der Waals surface area contributed by atoms with Crippen molar-refractivity contribution in [1.82, 2.24) is 13.9 Å². The van der Waals surface area contributed by atoms with E-state index in [2.05, 4.69) is 4.98 Å². The first-order valence-electron chi connectivity index (χ1n) is 6.53. The number of nitrogens with zero attached hydrogens (tertiary/aromatic N) is 4. The molecule has 6 nitrogen and oxygen atoms in total. The Morgan fingerprint density at radius 2 is 2.14 bits per heavy atom. The number of aryl methyl sites for hydroxylation is 1. The van der Waals surface area contributed by atoms with Crippen molar-refractivity contribution in [1.29, 1.82) is 5.26 Å². The molecule has 0 saturated heterocycles. The molecule has 0 saturated carbocycles. The van der Waals surface area contributed by atoms with Gasteiger partial charge in [0.15, 0.2) is 0 Å². The molecule has 3 rings (SSSR count). The number of benzene rings is 1. The minimum Gasteiger partial charge on any atom is -0.333 e. The summed E-state index contributed by atoms with van der Waals surface area (Å²) in [5.74, 6) is 0.735. The second-order valence-corrected chi connectivity index (χ2v) is 6.87. The third-order valence-electron chi connectivity index (χ3n) is 3.64. The zero-order valence-electron chi connectivity index (χ0n) is 11.5. The van der Waals surface area contributed by atoms with E-state index in [-0.39, 0.29) is 11.4 Å². The van der Waals surface area contributed by atoms with Gasteiger partial charge >= 0.3 is 0 Å². The van der Waals surface area contributed by atoms with Crippen LogP contribution in [0.2, 0.25) is 0 Å². The van der Waals surface area contributed by atoms with Crippen LogP contribution in [0.1, 0.15) is 17.0 Å². The van der Waals surface area contributed by atoms with Gasteiger partial charge in [-0.2, -0.15) is 9.57 Å². The molecule has 0 amide bonds. The maximum Gasteiger partial charge on any atom is 0.243 e. The summed E-state index contributed by atoms with van der Waals surface area (Å²) in [6.07, 6.45) is 3.52. The third kappa shape index (κ3) is 2.33. The fraction of sp³-hybridized carbons (Fsp3) is 0.286. The van der Waals surface area contributed by atoms with E-state index < -0.39 is 10.0 Å². The number of imidazole rings is 1. The van der Waals surface area contributed by atoms with Crippen molar-refractivity contribution in [2.45, 2.75) is 24.9 Å². The number of sulfonamides is 1. The van der Waals surface area contributed by atoms with Crippen molar-refractivity contribution in [3.8, 4) is 6.07 Å². The molecule has 1 aromatic carbocycles. The molecule has 21 heavy (non-hydrogen) atoms. The van der Waals surface area contributed by atoms with Gasteiger partial charge in [-0.25, -0.2) is 13.4 Å². The molecule has 0 unspecified atom stereocenters. The standard InChI is InChI=1S/C14H14N4O2S/c1-11-2-3-12(9-15)8-13(11)21(19,20)18-7-6-17-5-4-16-14(17)10-18/h2-5,8H,6-7,10H2,1H3. The number of rotatable bonds is 2. The summed E-state index contributed by atoms with van der Waals surface area (Å²) in [7, 11) is -3.62. The monoisotopic (exact) mass is 302 g/mol. The van der Waals surface area contributed by atoms with E-state index >= 15 is 0 Å². The van der Waals surface area contributed by atoms with Crippen molar-refractivity contribution >= 4 is 10.0 Å². The number of hydrogen-bond donors (Lipinski definition) is 0. The van der Waals surface area contributed by atoms with Crippen LogP contribution in [0.15, 0.2) is 35.5 Å². The van der Waals surface area contributed by atoms with Crippen LogP contribution in [0.4, 0.5) is 0 Å². The second kappa shape index (κ2) is 4.98. The highest BCUT2D eigenvalue weighted by molar-refractivity contribution is 7.89. The van der Waals surface area contributed by atoms with Gasteiger partial charge in [0.1, 0.15) is 5.82 Å². The number of aromatic nitrogens is 2. The Labute approximate surface area is 123 Å². The topological polar surface area (TPSA) is 79.0 Å². The first kappa shape index (κ1) is 13.8. The van der Waals surface area contributed by atoms with Gasteiger partial charge in [-0.1, -0.05) is 6.07 Å². The molecule has 0 fully saturated rings. The first-order valence-corrected chi connectivity index (χ1v) is 7.97. The molecule has 0 atom stereocenters. The third-order valence-corrected chi connectivity index (χ3v) is 5.63. The fourth-order valence-electron chi connectivity index (χ4n) is 2.44. The summed E-state index contributed by atoms with van der Waals surface area (Å²) in [5.41, 5.74) is 0.987. The van der Waals surface area contributed by atoms with E-state index in [0.717, 1.165) is 5.82 Å². The van der Waals surface area contributed by atoms with Gasteiger partial charge in [0.25, 0.3) is 0 Å². The zero-order valence-corrected chi connectivity index (χ0v) is 12.3. The maximum atomic E-state index is 12.8. The van der Waals surface area contributed by atoms with Crippen LogP contribution in [-0.4, -0.2) is 28.8 Å². The van der Waals surface area contributed by atoms with Gasteiger partial charge < -0.3 is 4.57 Å². The van der Waals surface area contributed by atoms with E-state index in [1.807, 2.05) is 16.8 Å². The number of fused-ring (bicyclic) bond motifs is 1. The second-order valence-electron chi connectivity index (χ2n) is 4.97. The largest absolute Gasteiger partial charge is 0.333 e. The van der Waals surface area contributed by atoms with Gasteiger partial charge in [0.05, 0.1) is 23.1 Å². The van der Waals surface area contributed by atoms with E-state index in [9.17, 15) is 8.42 Å². The summed E-state index contributed by atoms with van der Waals surface area (Å²) >= 11 is 0. The van der Waals surface area contributed by atoms with Gasteiger partial charge in [0, 0.05) is 25.5 Å². The average molecular weight is 302 g/mol. The molecule has 2 aromatic rings. The van der Waals surface area contributed by atoms with Gasteiger partial charge in [-0.05, 0) is 24.6 Å². The van der Waals surface area contributed by atoms with Crippen LogP contribution in [0.5, 0.6) is 0 Å². The van der Waals surface area contributed by atoms with Gasteiger partial charge in [-0.15, -0.1) is 0 Å². The highest BCUT2D eigenvalue weighted by atomic mass is 32.2. The molecule has 0 radical (unpaired) electrons. The summed E-state index contributed by atoms with van der Waals surface area (Å²) in [6, 6.07) is 6.70.